The molecule has 0 fully saturated rings. The Morgan fingerprint density at radius 2 is 1.28 bits per heavy atom. The third-order valence-electron chi connectivity index (χ3n) is 9.27. The van der Waals surface area contributed by atoms with Gasteiger partial charge in [0.1, 0.15) is 0 Å². The molecule has 8 rings (SSSR count). The van der Waals surface area contributed by atoms with E-state index < -0.39 is 0 Å². The molecule has 208 valence electrons. The average Bonchev–Trinajstić information content (AvgIpc) is 3.42. The highest BCUT2D eigenvalue weighted by atomic mass is 32.1. The summed E-state index contributed by atoms with van der Waals surface area (Å²) in [5, 5.41) is 2.55. The van der Waals surface area contributed by atoms with Gasteiger partial charge in [-0.1, -0.05) is 86.7 Å². The van der Waals surface area contributed by atoms with Crippen LogP contribution in [-0.2, 0) is 5.41 Å². The molecule has 0 saturated carbocycles. The topological polar surface area (TPSA) is 17.1 Å². The summed E-state index contributed by atoms with van der Waals surface area (Å²) in [6.45, 7) is 4.47. The van der Waals surface area contributed by atoms with Gasteiger partial charge in [0.15, 0.2) is 5.78 Å². The Morgan fingerprint density at radius 3 is 1.98 bits per heavy atom. The lowest BCUT2D eigenvalue weighted by atomic mass is 9.67. The zero-order valence-corrected chi connectivity index (χ0v) is 25.9. The Labute approximate surface area is 261 Å². The molecular weight excluding hydrogens is 561 g/mol. The van der Waals surface area contributed by atoms with E-state index >= 15 is 0 Å². The fraction of sp³-hybridized carbons (Fsp3) is 0.125. The first-order chi connectivity index (χ1) is 20.9. The van der Waals surface area contributed by atoms with Gasteiger partial charge in [-0.2, -0.15) is 0 Å². The predicted octanol–water partition coefficient (Wildman–Crippen LogP) is 11.3. The minimum absolute atomic E-state index is 0.0984. The third kappa shape index (κ3) is 4.25. The Kier molecular flexibility index (Phi) is 6.11. The summed E-state index contributed by atoms with van der Waals surface area (Å²) in [7, 11) is 0. The van der Waals surface area contributed by atoms with Crippen LogP contribution in [0.1, 0.15) is 59.3 Å². The number of hydrogen-bond donors (Lipinski definition) is 1. The van der Waals surface area contributed by atoms with Crippen LogP contribution in [0, 0.1) is 0 Å². The van der Waals surface area contributed by atoms with Crippen LogP contribution in [0.4, 0.5) is 0 Å². The van der Waals surface area contributed by atoms with Crippen molar-refractivity contribution in [1.82, 2.24) is 0 Å². The molecule has 1 nitrogen and oxygen atoms in total. The number of rotatable bonds is 3. The van der Waals surface area contributed by atoms with E-state index in [0.29, 0.717) is 0 Å². The zero-order valence-electron chi connectivity index (χ0n) is 24.1. The standard InChI is InChI=1S/C40H30OS2/c1-40(2)34-16-12-25(27-14-18-36(42)30(20-27)24-8-4-3-5-9-24)22-32(34)39(41)33-23-26(13-17-35(33)40)28-15-19-38-31(21-28)29-10-6-7-11-37(29)43-38/h3-4,6-8,10-23,42H,5,9H2,1-2H3. The fourth-order valence-electron chi connectivity index (χ4n) is 6.91. The lowest BCUT2D eigenvalue weighted by Gasteiger charge is -2.35. The van der Waals surface area contributed by atoms with Gasteiger partial charge in [-0.15, -0.1) is 24.0 Å². The molecule has 0 spiro atoms. The number of ketones is 1. The van der Waals surface area contributed by atoms with Crippen LogP contribution in [0.15, 0.2) is 120 Å². The third-order valence-corrected chi connectivity index (χ3v) is 10.8. The largest absolute Gasteiger partial charge is 0.289 e. The first kappa shape index (κ1) is 26.4. The van der Waals surface area contributed by atoms with Gasteiger partial charge in [-0.25, -0.2) is 0 Å². The van der Waals surface area contributed by atoms with E-state index in [9.17, 15) is 4.79 Å². The molecule has 0 atom stereocenters. The van der Waals surface area contributed by atoms with E-state index in [4.69, 9.17) is 12.6 Å². The number of thiophene rings is 1. The number of fused-ring (bicyclic) bond motifs is 5. The molecule has 0 radical (unpaired) electrons. The van der Waals surface area contributed by atoms with Crippen LogP contribution in [0.3, 0.4) is 0 Å². The highest BCUT2D eigenvalue weighted by molar-refractivity contribution is 7.80. The first-order valence-corrected chi connectivity index (χ1v) is 16.1. The molecule has 0 unspecified atom stereocenters. The first-order valence-electron chi connectivity index (χ1n) is 14.8. The van der Waals surface area contributed by atoms with Crippen molar-refractivity contribution in [3.63, 3.8) is 0 Å². The number of carbonyl (C=O) groups excluding carboxylic acids is 1. The van der Waals surface area contributed by atoms with Crippen LogP contribution >= 0.6 is 24.0 Å². The summed E-state index contributed by atoms with van der Waals surface area (Å²) in [4.78, 5) is 15.2. The smallest absolute Gasteiger partial charge is 0.193 e. The van der Waals surface area contributed by atoms with Gasteiger partial charge in [0.25, 0.3) is 0 Å². The number of benzene rings is 5. The average molecular weight is 591 g/mol. The van der Waals surface area contributed by atoms with E-state index in [-0.39, 0.29) is 11.2 Å². The Bertz CT molecular complexity index is 2190. The minimum atomic E-state index is -0.289. The highest BCUT2D eigenvalue weighted by Gasteiger charge is 2.37. The van der Waals surface area contributed by atoms with Gasteiger partial charge < -0.3 is 0 Å². The van der Waals surface area contributed by atoms with Gasteiger partial charge >= 0.3 is 0 Å². The van der Waals surface area contributed by atoms with Crippen molar-refractivity contribution < 1.29 is 4.79 Å². The minimum Gasteiger partial charge on any atom is -0.289 e. The van der Waals surface area contributed by atoms with Crippen molar-refractivity contribution in [3.8, 4) is 22.3 Å². The van der Waals surface area contributed by atoms with Gasteiger partial charge in [0.2, 0.25) is 0 Å². The molecule has 0 amide bonds. The van der Waals surface area contributed by atoms with E-state index in [1.807, 2.05) is 11.3 Å². The molecule has 43 heavy (non-hydrogen) atoms. The molecular formula is C40H30OS2. The summed E-state index contributed by atoms with van der Waals surface area (Å²) < 4.78 is 2.58. The summed E-state index contributed by atoms with van der Waals surface area (Å²) in [6, 6.07) is 34.6. The second-order valence-electron chi connectivity index (χ2n) is 12.2. The summed E-state index contributed by atoms with van der Waals surface area (Å²) >= 11 is 6.60. The van der Waals surface area contributed by atoms with Crippen molar-refractivity contribution in [3.05, 3.63) is 143 Å². The van der Waals surface area contributed by atoms with Crippen LogP contribution in [0.5, 0.6) is 0 Å². The van der Waals surface area contributed by atoms with Gasteiger partial charge in [-0.05, 0) is 99.8 Å². The second-order valence-corrected chi connectivity index (χ2v) is 13.7. The molecule has 6 aromatic rings. The zero-order chi connectivity index (χ0) is 29.3. The molecule has 2 aliphatic carbocycles. The fourth-order valence-corrected chi connectivity index (χ4v) is 8.28. The summed E-state index contributed by atoms with van der Waals surface area (Å²) in [6.07, 6.45) is 8.58. The number of hydrogen-bond acceptors (Lipinski definition) is 3. The van der Waals surface area contributed by atoms with Crippen molar-refractivity contribution in [2.75, 3.05) is 0 Å². The molecule has 0 saturated heterocycles. The summed E-state index contributed by atoms with van der Waals surface area (Å²) in [5.74, 6) is 0.0984. The maximum Gasteiger partial charge on any atom is 0.193 e. The van der Waals surface area contributed by atoms with E-state index in [1.165, 1.54) is 31.3 Å². The normalized spacial score (nSPS) is 15.4. The Morgan fingerprint density at radius 1 is 0.674 bits per heavy atom. The maximum absolute atomic E-state index is 14.2. The predicted molar refractivity (Wildman–Crippen MR) is 186 cm³/mol. The number of allylic oxidation sites excluding steroid dienone is 4. The van der Waals surface area contributed by atoms with Crippen LogP contribution < -0.4 is 0 Å². The molecule has 0 N–H and O–H groups in total. The van der Waals surface area contributed by atoms with Crippen molar-refractivity contribution in [1.29, 1.82) is 0 Å². The Hall–Kier alpha value is -4.18. The van der Waals surface area contributed by atoms with E-state index in [0.717, 1.165) is 62.2 Å². The number of thiol groups is 1. The van der Waals surface area contributed by atoms with Crippen molar-refractivity contribution in [2.45, 2.75) is 37.0 Å². The van der Waals surface area contributed by atoms with Crippen LogP contribution in [0.25, 0.3) is 48.0 Å². The Balaban J connectivity index is 1.21. The second kappa shape index (κ2) is 9.94. The molecule has 1 aromatic heterocycles. The van der Waals surface area contributed by atoms with Crippen molar-refractivity contribution in [2.24, 2.45) is 0 Å². The highest BCUT2D eigenvalue weighted by Crippen LogP contribution is 2.44. The van der Waals surface area contributed by atoms with Gasteiger partial charge in [0.05, 0.1) is 0 Å². The molecule has 0 aliphatic heterocycles. The molecule has 3 heteroatoms. The van der Waals surface area contributed by atoms with Crippen LogP contribution in [-0.4, -0.2) is 5.78 Å². The van der Waals surface area contributed by atoms with Crippen LogP contribution in [0.2, 0.25) is 0 Å². The van der Waals surface area contributed by atoms with E-state index in [1.54, 1.807) is 0 Å². The number of carbonyl (C=O) groups is 1. The lowest BCUT2D eigenvalue weighted by Crippen LogP contribution is -2.30. The van der Waals surface area contributed by atoms with Gasteiger partial charge in [0, 0.05) is 41.6 Å². The molecule has 1 heterocycles. The SMILES string of the molecule is CC1(C)c2ccc(-c3ccc(S)c(C4=CC=CCC4)c3)cc2C(=O)c2cc(-c3ccc4sc5ccccc5c4c3)ccc21. The van der Waals surface area contributed by atoms with E-state index in [2.05, 4.69) is 129 Å². The van der Waals surface area contributed by atoms with Crippen molar-refractivity contribution >= 4 is 55.5 Å². The maximum atomic E-state index is 14.2. The summed E-state index contributed by atoms with van der Waals surface area (Å²) in [5.41, 5.74) is 10.3. The monoisotopic (exact) mass is 590 g/mol. The van der Waals surface area contributed by atoms with Gasteiger partial charge in [-0.3, -0.25) is 4.79 Å². The molecule has 0 bridgehead atoms. The molecule has 5 aromatic carbocycles. The molecule has 2 aliphatic rings. The lowest BCUT2D eigenvalue weighted by molar-refractivity contribution is 0.103. The quantitative estimate of drug-likeness (QED) is 0.203.